The molecule has 3 heteroatoms. The molecule has 1 N–H and O–H groups in total. The van der Waals surface area contributed by atoms with E-state index in [0.29, 0.717) is 11.7 Å². The van der Waals surface area contributed by atoms with Crippen molar-refractivity contribution in [1.82, 2.24) is 10.2 Å². The van der Waals surface area contributed by atoms with E-state index >= 15 is 0 Å². The molecule has 1 atom stereocenters. The van der Waals surface area contributed by atoms with Gasteiger partial charge in [0.1, 0.15) is 5.78 Å². The number of Topliss-reactive ketones (excluding diaryl/α,β-unsaturated/α-hetero) is 1. The lowest BCUT2D eigenvalue weighted by atomic mass is 9.92. The first-order chi connectivity index (χ1) is 7.75. The van der Waals surface area contributed by atoms with Crippen molar-refractivity contribution < 1.29 is 4.79 Å². The van der Waals surface area contributed by atoms with Crippen LogP contribution in [0.3, 0.4) is 0 Å². The standard InChI is InChI=1S/C13H24N2O/c1-11(16)13-4-7-15(8-5-13)10-12-3-2-6-14-9-12/h12-14H,2-10H2,1H3. The van der Waals surface area contributed by atoms with E-state index in [1.54, 1.807) is 6.92 Å². The predicted octanol–water partition coefficient (Wildman–Crippen LogP) is 1.29. The number of nitrogens with one attached hydrogen (secondary N) is 1. The molecule has 2 aliphatic heterocycles. The second kappa shape index (κ2) is 5.78. The van der Waals surface area contributed by atoms with Crippen molar-refractivity contribution in [2.24, 2.45) is 11.8 Å². The number of rotatable bonds is 3. The van der Waals surface area contributed by atoms with Crippen LogP contribution in [0, 0.1) is 11.8 Å². The molecule has 2 heterocycles. The van der Waals surface area contributed by atoms with E-state index in [9.17, 15) is 4.79 Å². The molecule has 0 aromatic carbocycles. The van der Waals surface area contributed by atoms with Crippen LogP contribution in [0.25, 0.3) is 0 Å². The molecule has 2 saturated heterocycles. The number of likely N-dealkylation sites (tertiary alicyclic amines) is 1. The van der Waals surface area contributed by atoms with Gasteiger partial charge in [0.15, 0.2) is 0 Å². The van der Waals surface area contributed by atoms with Crippen molar-refractivity contribution in [2.45, 2.75) is 32.6 Å². The Morgan fingerprint density at radius 1 is 1.31 bits per heavy atom. The molecule has 0 aromatic heterocycles. The van der Waals surface area contributed by atoms with E-state index in [-0.39, 0.29) is 0 Å². The van der Waals surface area contributed by atoms with Gasteiger partial charge >= 0.3 is 0 Å². The van der Waals surface area contributed by atoms with Crippen molar-refractivity contribution >= 4 is 5.78 Å². The maximum Gasteiger partial charge on any atom is 0.133 e. The Morgan fingerprint density at radius 2 is 2.06 bits per heavy atom. The highest BCUT2D eigenvalue weighted by Crippen LogP contribution is 2.20. The minimum atomic E-state index is 0.348. The molecular formula is C13H24N2O. The smallest absolute Gasteiger partial charge is 0.133 e. The van der Waals surface area contributed by atoms with Crippen molar-refractivity contribution in [3.05, 3.63) is 0 Å². The summed E-state index contributed by atoms with van der Waals surface area (Å²) in [6.07, 6.45) is 4.86. The zero-order valence-electron chi connectivity index (χ0n) is 10.4. The lowest BCUT2D eigenvalue weighted by Gasteiger charge is -2.34. The van der Waals surface area contributed by atoms with Gasteiger partial charge in [0.2, 0.25) is 0 Å². The van der Waals surface area contributed by atoms with E-state index in [0.717, 1.165) is 31.8 Å². The van der Waals surface area contributed by atoms with E-state index < -0.39 is 0 Å². The van der Waals surface area contributed by atoms with Crippen molar-refractivity contribution in [3.63, 3.8) is 0 Å². The van der Waals surface area contributed by atoms with Gasteiger partial charge in [0, 0.05) is 12.5 Å². The van der Waals surface area contributed by atoms with Crippen molar-refractivity contribution in [2.75, 3.05) is 32.7 Å². The molecule has 92 valence electrons. The van der Waals surface area contributed by atoms with Crippen LogP contribution in [0.2, 0.25) is 0 Å². The molecule has 0 amide bonds. The number of piperidine rings is 2. The Kier molecular flexibility index (Phi) is 4.36. The fraction of sp³-hybridized carbons (Fsp3) is 0.923. The lowest BCUT2D eigenvalue weighted by molar-refractivity contribution is -0.122. The molecule has 0 radical (unpaired) electrons. The van der Waals surface area contributed by atoms with Gasteiger partial charge in [0.05, 0.1) is 0 Å². The monoisotopic (exact) mass is 224 g/mol. The average Bonchev–Trinajstić information content (AvgIpc) is 2.31. The fourth-order valence-electron chi connectivity index (χ4n) is 2.97. The summed E-state index contributed by atoms with van der Waals surface area (Å²) >= 11 is 0. The summed E-state index contributed by atoms with van der Waals surface area (Å²) in [6, 6.07) is 0. The lowest BCUT2D eigenvalue weighted by Crippen LogP contribution is -2.42. The van der Waals surface area contributed by atoms with E-state index in [1.807, 2.05) is 0 Å². The maximum atomic E-state index is 11.3. The second-order valence-electron chi connectivity index (χ2n) is 5.40. The minimum absolute atomic E-state index is 0.348. The Labute approximate surface area is 98.6 Å². The molecule has 2 aliphatic rings. The van der Waals surface area contributed by atoms with Gasteiger partial charge in [-0.15, -0.1) is 0 Å². The van der Waals surface area contributed by atoms with Crippen LogP contribution >= 0.6 is 0 Å². The number of ketones is 1. The molecule has 1 unspecified atom stereocenters. The summed E-state index contributed by atoms with van der Waals surface area (Å²) in [5, 5.41) is 3.47. The predicted molar refractivity (Wildman–Crippen MR) is 65.4 cm³/mol. The first-order valence-corrected chi connectivity index (χ1v) is 6.69. The molecule has 2 fully saturated rings. The number of carbonyl (C=O) groups excluding carboxylic acids is 1. The van der Waals surface area contributed by atoms with Crippen LogP contribution in [0.1, 0.15) is 32.6 Å². The van der Waals surface area contributed by atoms with Crippen LogP contribution < -0.4 is 5.32 Å². The zero-order chi connectivity index (χ0) is 11.4. The first-order valence-electron chi connectivity index (χ1n) is 6.69. The molecule has 0 aromatic rings. The van der Waals surface area contributed by atoms with Crippen LogP contribution in [-0.4, -0.2) is 43.4 Å². The Hall–Kier alpha value is -0.410. The fourth-order valence-corrected chi connectivity index (χ4v) is 2.97. The van der Waals surface area contributed by atoms with Crippen molar-refractivity contribution in [1.29, 1.82) is 0 Å². The van der Waals surface area contributed by atoms with Gasteiger partial charge in [-0.25, -0.2) is 0 Å². The number of carbonyl (C=O) groups is 1. The number of hydrogen-bond donors (Lipinski definition) is 1. The van der Waals surface area contributed by atoms with Gasteiger partial charge in [-0.3, -0.25) is 4.79 Å². The third kappa shape index (κ3) is 3.29. The van der Waals surface area contributed by atoms with Gasteiger partial charge in [-0.05, 0) is 64.7 Å². The topological polar surface area (TPSA) is 32.3 Å². The number of nitrogens with zero attached hydrogens (tertiary/aromatic N) is 1. The second-order valence-corrected chi connectivity index (χ2v) is 5.40. The molecule has 3 nitrogen and oxygen atoms in total. The van der Waals surface area contributed by atoms with E-state index in [4.69, 9.17) is 0 Å². The highest BCUT2D eigenvalue weighted by molar-refractivity contribution is 5.78. The molecule has 0 bridgehead atoms. The van der Waals surface area contributed by atoms with Crippen LogP contribution in [0.5, 0.6) is 0 Å². The Balaban J connectivity index is 1.70. The van der Waals surface area contributed by atoms with Crippen LogP contribution in [-0.2, 0) is 4.79 Å². The van der Waals surface area contributed by atoms with Crippen LogP contribution in [0.4, 0.5) is 0 Å². The Bertz CT molecular complexity index is 228. The first kappa shape index (κ1) is 12.1. The molecular weight excluding hydrogens is 200 g/mol. The Morgan fingerprint density at radius 3 is 2.62 bits per heavy atom. The third-order valence-electron chi connectivity index (χ3n) is 4.08. The molecule has 0 spiro atoms. The number of hydrogen-bond acceptors (Lipinski definition) is 3. The minimum Gasteiger partial charge on any atom is -0.316 e. The highest BCUT2D eigenvalue weighted by Gasteiger charge is 2.24. The maximum absolute atomic E-state index is 11.3. The van der Waals surface area contributed by atoms with Crippen LogP contribution in [0.15, 0.2) is 0 Å². The van der Waals surface area contributed by atoms with E-state index in [2.05, 4.69) is 10.2 Å². The third-order valence-corrected chi connectivity index (χ3v) is 4.08. The average molecular weight is 224 g/mol. The summed E-state index contributed by atoms with van der Waals surface area (Å²) in [5.74, 6) is 1.57. The summed E-state index contributed by atoms with van der Waals surface area (Å²) in [7, 11) is 0. The van der Waals surface area contributed by atoms with E-state index in [1.165, 1.54) is 32.5 Å². The van der Waals surface area contributed by atoms with Gasteiger partial charge in [-0.1, -0.05) is 0 Å². The highest BCUT2D eigenvalue weighted by atomic mass is 16.1. The SMILES string of the molecule is CC(=O)C1CCN(CC2CCCNC2)CC1. The van der Waals surface area contributed by atoms with Gasteiger partial charge in [-0.2, -0.15) is 0 Å². The summed E-state index contributed by atoms with van der Waals surface area (Å²) in [6.45, 7) is 7.61. The summed E-state index contributed by atoms with van der Waals surface area (Å²) in [5.41, 5.74) is 0. The largest absolute Gasteiger partial charge is 0.316 e. The molecule has 0 saturated carbocycles. The molecule has 2 rings (SSSR count). The molecule has 0 aliphatic carbocycles. The molecule has 16 heavy (non-hydrogen) atoms. The van der Waals surface area contributed by atoms with Gasteiger partial charge in [0.25, 0.3) is 0 Å². The summed E-state index contributed by atoms with van der Waals surface area (Å²) in [4.78, 5) is 13.8. The van der Waals surface area contributed by atoms with Gasteiger partial charge < -0.3 is 10.2 Å². The van der Waals surface area contributed by atoms with Crippen molar-refractivity contribution in [3.8, 4) is 0 Å². The normalized spacial score (nSPS) is 29.2. The zero-order valence-corrected chi connectivity index (χ0v) is 10.4. The summed E-state index contributed by atoms with van der Waals surface area (Å²) < 4.78 is 0. The quantitative estimate of drug-likeness (QED) is 0.784.